The lowest BCUT2D eigenvalue weighted by molar-refractivity contribution is -0.122. The van der Waals surface area contributed by atoms with Crippen LogP contribution in [0, 0.1) is 0 Å². The highest BCUT2D eigenvalue weighted by Crippen LogP contribution is 2.23. The molecule has 0 spiro atoms. The number of amides is 1. The lowest BCUT2D eigenvalue weighted by Crippen LogP contribution is -2.31. The third-order valence-electron chi connectivity index (χ3n) is 5.26. The summed E-state index contributed by atoms with van der Waals surface area (Å²) in [6, 6.07) is 15.6. The number of para-hydroxylation sites is 2. The molecule has 1 amide bonds. The molecule has 30 heavy (non-hydrogen) atoms. The minimum Gasteiger partial charge on any atom is -0.497 e. The van der Waals surface area contributed by atoms with Gasteiger partial charge in [0.15, 0.2) is 0 Å². The first-order chi connectivity index (χ1) is 14.6. The van der Waals surface area contributed by atoms with E-state index in [-0.39, 0.29) is 18.5 Å². The summed E-state index contributed by atoms with van der Waals surface area (Å²) in [5.74, 6) is 1.55. The van der Waals surface area contributed by atoms with Gasteiger partial charge in [-0.2, -0.15) is 0 Å². The van der Waals surface area contributed by atoms with Crippen LogP contribution in [0.15, 0.2) is 54.7 Å². The van der Waals surface area contributed by atoms with Crippen LogP contribution in [0.5, 0.6) is 5.75 Å². The van der Waals surface area contributed by atoms with Gasteiger partial charge in [0.05, 0.1) is 30.8 Å². The number of carbonyl (C=O) groups excluding carboxylic acids is 1. The van der Waals surface area contributed by atoms with E-state index in [0.29, 0.717) is 13.2 Å². The van der Waals surface area contributed by atoms with Gasteiger partial charge < -0.3 is 23.9 Å². The highest BCUT2D eigenvalue weighted by atomic mass is 16.5. The van der Waals surface area contributed by atoms with Gasteiger partial charge in [-0.1, -0.05) is 12.1 Å². The summed E-state index contributed by atoms with van der Waals surface area (Å²) >= 11 is 0. The Morgan fingerprint density at radius 3 is 2.77 bits per heavy atom. The second-order valence-electron chi connectivity index (χ2n) is 7.26. The molecule has 4 aromatic rings. The molecule has 0 aliphatic carbocycles. The van der Waals surface area contributed by atoms with E-state index in [1.165, 1.54) is 0 Å². The summed E-state index contributed by atoms with van der Waals surface area (Å²) in [5.41, 5.74) is 2.94. The number of imidazole rings is 1. The number of rotatable bonds is 8. The molecule has 1 N–H and O–H groups in total. The van der Waals surface area contributed by atoms with E-state index in [4.69, 9.17) is 14.5 Å². The van der Waals surface area contributed by atoms with Crippen LogP contribution in [0.2, 0.25) is 0 Å². The van der Waals surface area contributed by atoms with Gasteiger partial charge in [-0.15, -0.1) is 0 Å². The van der Waals surface area contributed by atoms with E-state index in [1.54, 1.807) is 14.2 Å². The van der Waals surface area contributed by atoms with E-state index in [1.807, 2.05) is 66.2 Å². The number of nitrogens with one attached hydrogen (secondary N) is 1. The van der Waals surface area contributed by atoms with Gasteiger partial charge in [0.25, 0.3) is 0 Å². The van der Waals surface area contributed by atoms with Gasteiger partial charge in [-0.05, 0) is 43.3 Å². The van der Waals surface area contributed by atoms with Crippen molar-refractivity contribution in [3.63, 3.8) is 0 Å². The SMILES string of the molecule is COCCn1c([C@@H](C)NC(=O)Cn2ccc3cc(OC)ccc32)nc2ccccc21. The van der Waals surface area contributed by atoms with E-state index in [2.05, 4.69) is 9.88 Å². The Balaban J connectivity index is 1.52. The van der Waals surface area contributed by atoms with Crippen LogP contribution in [-0.2, 0) is 22.6 Å². The quantitative estimate of drug-likeness (QED) is 0.486. The number of nitrogens with zero attached hydrogens (tertiary/aromatic N) is 3. The average Bonchev–Trinajstić information content (AvgIpc) is 3.33. The van der Waals surface area contributed by atoms with Crippen molar-refractivity contribution >= 4 is 27.8 Å². The second kappa shape index (κ2) is 8.59. The maximum absolute atomic E-state index is 12.8. The highest BCUT2D eigenvalue weighted by molar-refractivity contribution is 5.84. The standard InChI is InChI=1S/C23H26N4O3/c1-16(23-25-19-6-4-5-7-21(19)27(23)12-13-29-2)24-22(28)15-26-11-10-17-14-18(30-3)8-9-20(17)26/h4-11,14,16H,12-13,15H2,1-3H3,(H,24,28)/t16-/m1/s1. The van der Waals surface area contributed by atoms with E-state index >= 15 is 0 Å². The van der Waals surface area contributed by atoms with Gasteiger partial charge >= 0.3 is 0 Å². The third-order valence-corrected chi connectivity index (χ3v) is 5.26. The summed E-state index contributed by atoms with van der Waals surface area (Å²) < 4.78 is 14.6. The molecule has 0 radical (unpaired) electrons. The third kappa shape index (κ3) is 3.89. The van der Waals surface area contributed by atoms with Crippen LogP contribution in [0.4, 0.5) is 0 Å². The Labute approximate surface area is 175 Å². The second-order valence-corrected chi connectivity index (χ2v) is 7.26. The average molecular weight is 406 g/mol. The molecule has 4 rings (SSSR count). The van der Waals surface area contributed by atoms with E-state index in [0.717, 1.165) is 33.5 Å². The van der Waals surface area contributed by atoms with Crippen molar-refractivity contribution in [3.8, 4) is 5.75 Å². The summed E-state index contributed by atoms with van der Waals surface area (Å²) in [5, 5.41) is 4.13. The number of benzene rings is 2. The Morgan fingerprint density at radius 2 is 1.97 bits per heavy atom. The number of hydrogen-bond acceptors (Lipinski definition) is 4. The fraction of sp³-hybridized carbons (Fsp3) is 0.304. The zero-order valence-corrected chi connectivity index (χ0v) is 17.5. The number of aromatic nitrogens is 3. The Kier molecular flexibility index (Phi) is 5.72. The van der Waals surface area contributed by atoms with E-state index in [9.17, 15) is 4.79 Å². The molecule has 0 bridgehead atoms. The molecule has 0 saturated heterocycles. The van der Waals surface area contributed by atoms with E-state index < -0.39 is 0 Å². The van der Waals surface area contributed by atoms with Gasteiger partial charge in [0, 0.05) is 30.8 Å². The zero-order valence-electron chi connectivity index (χ0n) is 17.5. The van der Waals surface area contributed by atoms with Crippen molar-refractivity contribution in [3.05, 3.63) is 60.6 Å². The highest BCUT2D eigenvalue weighted by Gasteiger charge is 2.18. The topological polar surface area (TPSA) is 70.3 Å². The first kappa shape index (κ1) is 20.0. The van der Waals surface area contributed by atoms with Crippen LogP contribution in [0.25, 0.3) is 21.9 Å². The van der Waals surface area contributed by atoms with Gasteiger partial charge in [0.1, 0.15) is 18.1 Å². The lowest BCUT2D eigenvalue weighted by atomic mass is 10.2. The maximum Gasteiger partial charge on any atom is 0.240 e. The van der Waals surface area contributed by atoms with Crippen molar-refractivity contribution in [2.24, 2.45) is 0 Å². The number of hydrogen-bond donors (Lipinski definition) is 1. The predicted octanol–water partition coefficient (Wildman–Crippen LogP) is 3.52. The molecule has 156 valence electrons. The number of methoxy groups -OCH3 is 2. The molecule has 0 saturated carbocycles. The Hall–Kier alpha value is -3.32. The number of fused-ring (bicyclic) bond motifs is 2. The van der Waals surface area contributed by atoms with Crippen LogP contribution in [-0.4, -0.2) is 40.9 Å². The smallest absolute Gasteiger partial charge is 0.240 e. The predicted molar refractivity (Wildman–Crippen MR) is 117 cm³/mol. The molecule has 1 atom stereocenters. The van der Waals surface area contributed by atoms with Gasteiger partial charge in [-0.25, -0.2) is 4.98 Å². The Bertz CT molecular complexity index is 1180. The van der Waals surface area contributed by atoms with Gasteiger partial charge in [-0.3, -0.25) is 4.79 Å². The monoisotopic (exact) mass is 406 g/mol. The first-order valence-corrected chi connectivity index (χ1v) is 9.97. The molecule has 0 unspecified atom stereocenters. The van der Waals surface area contributed by atoms with Crippen molar-refractivity contribution < 1.29 is 14.3 Å². The first-order valence-electron chi connectivity index (χ1n) is 9.97. The minimum atomic E-state index is -0.233. The molecule has 2 aromatic carbocycles. The number of ether oxygens (including phenoxy) is 2. The normalized spacial score (nSPS) is 12.4. The van der Waals surface area contributed by atoms with Crippen molar-refractivity contribution in [1.29, 1.82) is 0 Å². The lowest BCUT2D eigenvalue weighted by Gasteiger charge is -2.17. The molecule has 2 aromatic heterocycles. The molecule has 7 nitrogen and oxygen atoms in total. The summed E-state index contributed by atoms with van der Waals surface area (Å²) in [6.07, 6.45) is 1.92. The van der Waals surface area contributed by atoms with Crippen molar-refractivity contribution in [1.82, 2.24) is 19.4 Å². The van der Waals surface area contributed by atoms with Gasteiger partial charge in [0.2, 0.25) is 5.91 Å². The maximum atomic E-state index is 12.8. The Morgan fingerprint density at radius 1 is 1.13 bits per heavy atom. The van der Waals surface area contributed by atoms with Crippen LogP contribution >= 0.6 is 0 Å². The molecule has 0 aliphatic rings. The molecule has 7 heteroatoms. The van der Waals surface area contributed by atoms with Crippen LogP contribution in [0.3, 0.4) is 0 Å². The molecule has 0 fully saturated rings. The fourth-order valence-electron chi connectivity index (χ4n) is 3.79. The molecular formula is C23H26N4O3. The summed E-state index contributed by atoms with van der Waals surface area (Å²) in [6.45, 7) is 3.45. The van der Waals surface area contributed by atoms with Crippen LogP contribution in [0.1, 0.15) is 18.8 Å². The largest absolute Gasteiger partial charge is 0.497 e. The molecule has 2 heterocycles. The summed E-state index contributed by atoms with van der Waals surface area (Å²) in [7, 11) is 3.33. The van der Waals surface area contributed by atoms with Crippen molar-refractivity contribution in [2.75, 3.05) is 20.8 Å². The summed E-state index contributed by atoms with van der Waals surface area (Å²) in [4.78, 5) is 17.5. The molecule has 0 aliphatic heterocycles. The van der Waals surface area contributed by atoms with Crippen LogP contribution < -0.4 is 10.1 Å². The number of carbonyl (C=O) groups is 1. The zero-order chi connectivity index (χ0) is 21.1. The van der Waals surface area contributed by atoms with Crippen molar-refractivity contribution in [2.45, 2.75) is 26.1 Å². The minimum absolute atomic E-state index is 0.0684. The molecular weight excluding hydrogens is 380 g/mol. The fourth-order valence-corrected chi connectivity index (χ4v) is 3.79.